The van der Waals surface area contributed by atoms with Crippen molar-refractivity contribution in [3.8, 4) is 0 Å². The highest BCUT2D eigenvalue weighted by Gasteiger charge is 2.27. The number of benzene rings is 1. The molecule has 7 nitrogen and oxygen atoms in total. The van der Waals surface area contributed by atoms with E-state index in [1.807, 2.05) is 29.6 Å². The number of rotatable bonds is 7. The molecule has 32 heavy (non-hydrogen) atoms. The lowest BCUT2D eigenvalue weighted by molar-refractivity contribution is -0.126. The molecule has 3 aromatic rings. The van der Waals surface area contributed by atoms with Gasteiger partial charge >= 0.3 is 0 Å². The minimum absolute atomic E-state index is 0.00227. The molecule has 0 atom stereocenters. The first-order valence-electron chi connectivity index (χ1n) is 10.6. The molecule has 2 N–H and O–H groups in total. The Morgan fingerprint density at radius 3 is 2.41 bits per heavy atom. The number of nitrogens with zero attached hydrogens (tertiary/aromatic N) is 1. The van der Waals surface area contributed by atoms with E-state index in [0.29, 0.717) is 49.5 Å². The Balaban J connectivity index is 1.23. The van der Waals surface area contributed by atoms with Gasteiger partial charge in [0.2, 0.25) is 5.91 Å². The topological polar surface area (TPSA) is 91.7 Å². The number of piperidine rings is 1. The molecular weight excluding hydrogens is 426 g/mol. The number of hydrogen-bond donors (Lipinski definition) is 2. The average Bonchev–Trinajstić information content (AvgIpc) is 3.56. The second-order valence-electron chi connectivity index (χ2n) is 7.72. The molecule has 0 spiro atoms. The number of carbonyl (C=O) groups is 3. The molecule has 3 amide bonds. The van der Waals surface area contributed by atoms with E-state index in [9.17, 15) is 14.4 Å². The fourth-order valence-electron chi connectivity index (χ4n) is 3.70. The number of hydrogen-bond acceptors (Lipinski definition) is 5. The summed E-state index contributed by atoms with van der Waals surface area (Å²) < 4.78 is 5.23. The number of likely N-dealkylation sites (tertiary alicyclic amines) is 1. The highest BCUT2D eigenvalue weighted by molar-refractivity contribution is 7.12. The number of furan rings is 1. The van der Waals surface area contributed by atoms with E-state index < -0.39 is 0 Å². The third kappa shape index (κ3) is 5.45. The molecule has 1 fully saturated rings. The van der Waals surface area contributed by atoms with Gasteiger partial charge in [-0.05, 0) is 54.1 Å². The van der Waals surface area contributed by atoms with Crippen LogP contribution in [0, 0.1) is 5.92 Å². The third-order valence-corrected chi connectivity index (χ3v) is 6.44. The van der Waals surface area contributed by atoms with Crippen LogP contribution in [0.3, 0.4) is 0 Å². The van der Waals surface area contributed by atoms with Gasteiger partial charge in [-0.3, -0.25) is 14.4 Å². The molecule has 2 aromatic heterocycles. The van der Waals surface area contributed by atoms with Crippen molar-refractivity contribution in [1.29, 1.82) is 0 Å². The van der Waals surface area contributed by atoms with Gasteiger partial charge in [0.15, 0.2) is 0 Å². The van der Waals surface area contributed by atoms with Crippen LogP contribution in [0.25, 0.3) is 0 Å². The number of amides is 3. The SMILES string of the molecule is O=C(NCc1ccc(C(=O)N2CCC(C(=O)NCc3ccco3)CC2)cc1)c1cccs1. The molecular formula is C24H25N3O4S. The Hall–Kier alpha value is -3.39. The Labute approximate surface area is 190 Å². The van der Waals surface area contributed by atoms with Crippen molar-refractivity contribution in [3.05, 3.63) is 81.9 Å². The zero-order valence-corrected chi connectivity index (χ0v) is 18.4. The Kier molecular flexibility index (Phi) is 7.01. The lowest BCUT2D eigenvalue weighted by Crippen LogP contribution is -2.42. The van der Waals surface area contributed by atoms with Gasteiger partial charge < -0.3 is 20.0 Å². The van der Waals surface area contributed by atoms with Crippen molar-refractivity contribution >= 4 is 29.1 Å². The Morgan fingerprint density at radius 2 is 1.75 bits per heavy atom. The largest absolute Gasteiger partial charge is 0.467 e. The van der Waals surface area contributed by atoms with Gasteiger partial charge in [-0.1, -0.05) is 18.2 Å². The summed E-state index contributed by atoms with van der Waals surface area (Å²) in [5.74, 6) is 0.496. The predicted octanol–water partition coefficient (Wildman–Crippen LogP) is 3.44. The van der Waals surface area contributed by atoms with E-state index >= 15 is 0 Å². The summed E-state index contributed by atoms with van der Waals surface area (Å²) in [6, 6.07) is 14.5. The Morgan fingerprint density at radius 1 is 0.969 bits per heavy atom. The molecule has 0 saturated carbocycles. The molecule has 0 aliphatic carbocycles. The first kappa shape index (κ1) is 21.8. The van der Waals surface area contributed by atoms with Crippen LogP contribution < -0.4 is 10.6 Å². The van der Waals surface area contributed by atoms with Gasteiger partial charge in [-0.15, -0.1) is 11.3 Å². The van der Waals surface area contributed by atoms with Gasteiger partial charge in [0.25, 0.3) is 11.8 Å². The van der Waals surface area contributed by atoms with Crippen molar-refractivity contribution in [2.24, 2.45) is 5.92 Å². The van der Waals surface area contributed by atoms with Gasteiger partial charge in [-0.25, -0.2) is 0 Å². The van der Waals surface area contributed by atoms with Crippen LogP contribution >= 0.6 is 11.3 Å². The molecule has 0 radical (unpaired) electrons. The lowest BCUT2D eigenvalue weighted by atomic mass is 9.95. The van der Waals surface area contributed by atoms with E-state index in [1.54, 1.807) is 35.4 Å². The van der Waals surface area contributed by atoms with Gasteiger partial charge in [0.05, 0.1) is 17.7 Å². The summed E-state index contributed by atoms with van der Waals surface area (Å²) in [4.78, 5) is 39.7. The number of nitrogens with one attached hydrogen (secondary N) is 2. The molecule has 1 aliphatic heterocycles. The smallest absolute Gasteiger partial charge is 0.261 e. The standard InChI is InChI=1S/C24H25N3O4S/c28-22(26-16-20-3-1-13-31-20)18-9-11-27(12-10-18)24(30)19-7-5-17(6-8-19)15-25-23(29)21-4-2-14-32-21/h1-8,13-14,18H,9-12,15-16H2,(H,25,29)(H,26,28). The van der Waals surface area contributed by atoms with E-state index in [-0.39, 0.29) is 23.6 Å². The lowest BCUT2D eigenvalue weighted by Gasteiger charge is -2.31. The maximum Gasteiger partial charge on any atom is 0.261 e. The quantitative estimate of drug-likeness (QED) is 0.576. The maximum absolute atomic E-state index is 12.8. The summed E-state index contributed by atoms with van der Waals surface area (Å²) >= 11 is 1.40. The molecule has 0 unspecified atom stereocenters. The third-order valence-electron chi connectivity index (χ3n) is 5.57. The first-order chi connectivity index (χ1) is 15.6. The predicted molar refractivity (Wildman–Crippen MR) is 121 cm³/mol. The molecule has 3 heterocycles. The zero-order chi connectivity index (χ0) is 22.3. The molecule has 1 aromatic carbocycles. The minimum Gasteiger partial charge on any atom is -0.467 e. The minimum atomic E-state index is -0.101. The van der Waals surface area contributed by atoms with Crippen LogP contribution in [0.1, 0.15) is 44.2 Å². The van der Waals surface area contributed by atoms with E-state index in [2.05, 4.69) is 10.6 Å². The van der Waals surface area contributed by atoms with Crippen LogP contribution in [0.4, 0.5) is 0 Å². The highest BCUT2D eigenvalue weighted by Crippen LogP contribution is 2.20. The normalized spacial score (nSPS) is 14.2. The van der Waals surface area contributed by atoms with Crippen LogP contribution in [0.5, 0.6) is 0 Å². The van der Waals surface area contributed by atoms with Crippen LogP contribution in [0.15, 0.2) is 64.6 Å². The van der Waals surface area contributed by atoms with Crippen molar-refractivity contribution < 1.29 is 18.8 Å². The van der Waals surface area contributed by atoms with E-state index in [0.717, 1.165) is 11.3 Å². The fourth-order valence-corrected chi connectivity index (χ4v) is 4.34. The van der Waals surface area contributed by atoms with Crippen molar-refractivity contribution in [2.45, 2.75) is 25.9 Å². The highest BCUT2D eigenvalue weighted by atomic mass is 32.1. The number of thiophene rings is 1. The van der Waals surface area contributed by atoms with E-state index in [1.165, 1.54) is 11.3 Å². The molecule has 1 saturated heterocycles. The van der Waals surface area contributed by atoms with Crippen molar-refractivity contribution in [1.82, 2.24) is 15.5 Å². The molecule has 4 rings (SSSR count). The van der Waals surface area contributed by atoms with Crippen LogP contribution in [-0.4, -0.2) is 35.7 Å². The van der Waals surface area contributed by atoms with E-state index in [4.69, 9.17) is 4.42 Å². The van der Waals surface area contributed by atoms with Gasteiger partial charge in [-0.2, -0.15) is 0 Å². The number of carbonyl (C=O) groups excluding carboxylic acids is 3. The Bertz CT molecular complexity index is 1040. The summed E-state index contributed by atoms with van der Waals surface area (Å²) in [5, 5.41) is 7.65. The molecule has 8 heteroatoms. The van der Waals surface area contributed by atoms with Crippen LogP contribution in [0.2, 0.25) is 0 Å². The maximum atomic E-state index is 12.8. The first-order valence-corrected chi connectivity index (χ1v) is 11.5. The van der Waals surface area contributed by atoms with Crippen molar-refractivity contribution in [3.63, 3.8) is 0 Å². The van der Waals surface area contributed by atoms with Crippen LogP contribution in [-0.2, 0) is 17.9 Å². The summed E-state index contributed by atoms with van der Waals surface area (Å²) in [6.45, 7) is 1.89. The average molecular weight is 452 g/mol. The second-order valence-corrected chi connectivity index (χ2v) is 8.67. The van der Waals surface area contributed by atoms with Crippen molar-refractivity contribution in [2.75, 3.05) is 13.1 Å². The summed E-state index contributed by atoms with van der Waals surface area (Å²) in [5.41, 5.74) is 1.54. The molecule has 166 valence electrons. The monoisotopic (exact) mass is 451 g/mol. The van der Waals surface area contributed by atoms with Gasteiger partial charge in [0, 0.05) is 31.1 Å². The summed E-state index contributed by atoms with van der Waals surface area (Å²) in [6.07, 6.45) is 2.87. The summed E-state index contributed by atoms with van der Waals surface area (Å²) in [7, 11) is 0. The van der Waals surface area contributed by atoms with Gasteiger partial charge in [0.1, 0.15) is 5.76 Å². The molecule has 1 aliphatic rings. The molecule has 0 bridgehead atoms. The fraction of sp³-hybridized carbons (Fsp3) is 0.292. The zero-order valence-electron chi connectivity index (χ0n) is 17.6. The second kappa shape index (κ2) is 10.3.